The summed E-state index contributed by atoms with van der Waals surface area (Å²) in [5.41, 5.74) is 9.17. The number of pyridine rings is 1. The highest BCUT2D eigenvalue weighted by molar-refractivity contribution is 5.67. The number of aromatic nitrogens is 5. The minimum Gasteiger partial charge on any atom is -0.483 e. The molecule has 3 aromatic heterocycles. The average Bonchev–Trinajstić information content (AvgIpc) is 3.45. The molecular formula is C20H21N7O3. The van der Waals surface area contributed by atoms with Crippen LogP contribution < -0.4 is 10.5 Å². The maximum absolute atomic E-state index is 11.4. The van der Waals surface area contributed by atoms with E-state index < -0.39 is 6.09 Å². The maximum atomic E-state index is 11.4. The quantitative estimate of drug-likeness (QED) is 0.670. The van der Waals surface area contributed by atoms with Crippen LogP contribution in [0.25, 0.3) is 11.3 Å². The van der Waals surface area contributed by atoms with Gasteiger partial charge in [-0.05, 0) is 37.1 Å². The van der Waals surface area contributed by atoms with Gasteiger partial charge < -0.3 is 20.5 Å². The van der Waals surface area contributed by atoms with Gasteiger partial charge in [0.2, 0.25) is 0 Å². The molecule has 2 aliphatic rings. The molecule has 1 amide bonds. The first-order valence-corrected chi connectivity index (χ1v) is 9.76. The lowest BCUT2D eigenvalue weighted by Gasteiger charge is -2.21. The van der Waals surface area contributed by atoms with Crippen molar-refractivity contribution in [1.82, 2.24) is 29.9 Å². The van der Waals surface area contributed by atoms with E-state index in [0.29, 0.717) is 30.4 Å². The van der Waals surface area contributed by atoms with Gasteiger partial charge in [0.1, 0.15) is 12.3 Å². The van der Waals surface area contributed by atoms with Crippen molar-refractivity contribution in [2.75, 3.05) is 18.8 Å². The second kappa shape index (κ2) is 6.97. The Morgan fingerprint density at radius 1 is 1.30 bits per heavy atom. The number of rotatable bonds is 4. The number of anilines is 1. The Morgan fingerprint density at radius 2 is 2.17 bits per heavy atom. The standard InChI is InChI=1S/C20H21N7O3/c21-18-16(30-11-14-2-1-5-23-24-14)8-13(10-22-18)15-9-17-20(4-7-27(17)25-15)3-6-26(12-20)19(28)29/h1-2,5,8-10H,3-4,6-7,11-12H2,(H2,21,22)(H,28,29)/t20-/m0/s1. The third-order valence-electron chi connectivity index (χ3n) is 5.93. The first-order chi connectivity index (χ1) is 14.5. The van der Waals surface area contributed by atoms with Crippen LogP contribution in [0.5, 0.6) is 5.75 Å². The molecule has 1 spiro atoms. The molecule has 1 saturated heterocycles. The minimum absolute atomic E-state index is 0.157. The number of hydrogen-bond donors (Lipinski definition) is 2. The summed E-state index contributed by atoms with van der Waals surface area (Å²) in [5, 5.41) is 21.9. The number of carboxylic acid groups (broad SMARTS) is 1. The van der Waals surface area contributed by atoms with E-state index in [2.05, 4.69) is 15.2 Å². The van der Waals surface area contributed by atoms with E-state index in [-0.39, 0.29) is 12.0 Å². The van der Waals surface area contributed by atoms with E-state index in [4.69, 9.17) is 15.6 Å². The van der Waals surface area contributed by atoms with E-state index >= 15 is 0 Å². The molecule has 1 fully saturated rings. The summed E-state index contributed by atoms with van der Waals surface area (Å²) in [7, 11) is 0. The zero-order valence-electron chi connectivity index (χ0n) is 16.2. The Hall–Kier alpha value is -3.69. The van der Waals surface area contributed by atoms with Crippen molar-refractivity contribution < 1.29 is 14.6 Å². The smallest absolute Gasteiger partial charge is 0.407 e. The van der Waals surface area contributed by atoms with Crippen LogP contribution in [0.15, 0.2) is 36.7 Å². The summed E-state index contributed by atoms with van der Waals surface area (Å²) in [6.45, 7) is 2.08. The first-order valence-electron chi connectivity index (χ1n) is 9.76. The number of fused-ring (bicyclic) bond motifs is 2. The van der Waals surface area contributed by atoms with Crippen molar-refractivity contribution in [2.24, 2.45) is 0 Å². The Bertz CT molecular complexity index is 1100. The number of amides is 1. The van der Waals surface area contributed by atoms with Gasteiger partial charge in [0.25, 0.3) is 0 Å². The number of likely N-dealkylation sites (tertiary alicyclic amines) is 1. The summed E-state index contributed by atoms with van der Waals surface area (Å²) in [4.78, 5) is 17.1. The van der Waals surface area contributed by atoms with E-state index in [1.165, 1.54) is 4.90 Å². The van der Waals surface area contributed by atoms with Gasteiger partial charge in [-0.3, -0.25) is 4.68 Å². The van der Waals surface area contributed by atoms with Gasteiger partial charge >= 0.3 is 6.09 Å². The Balaban J connectivity index is 1.40. The molecule has 0 saturated carbocycles. The molecule has 3 N–H and O–H groups in total. The van der Waals surface area contributed by atoms with Crippen molar-refractivity contribution in [2.45, 2.75) is 31.4 Å². The molecule has 0 aromatic carbocycles. The average molecular weight is 407 g/mol. The Kier molecular flexibility index (Phi) is 4.27. The van der Waals surface area contributed by atoms with E-state index in [0.717, 1.165) is 36.3 Å². The van der Waals surface area contributed by atoms with Gasteiger partial charge in [-0.15, -0.1) is 0 Å². The number of nitrogens with two attached hydrogens (primary N) is 1. The molecule has 5 rings (SSSR count). The van der Waals surface area contributed by atoms with Crippen LogP contribution in [0.4, 0.5) is 10.6 Å². The molecule has 0 bridgehead atoms. The molecule has 30 heavy (non-hydrogen) atoms. The van der Waals surface area contributed by atoms with Crippen molar-refractivity contribution in [3.63, 3.8) is 0 Å². The van der Waals surface area contributed by atoms with Gasteiger partial charge in [0.15, 0.2) is 11.6 Å². The highest BCUT2D eigenvalue weighted by Gasteiger charge is 2.47. The summed E-state index contributed by atoms with van der Waals surface area (Å²) in [5.74, 6) is 0.748. The molecule has 5 heterocycles. The van der Waals surface area contributed by atoms with E-state index in [1.54, 1.807) is 18.5 Å². The van der Waals surface area contributed by atoms with Crippen LogP contribution >= 0.6 is 0 Å². The highest BCUT2D eigenvalue weighted by atomic mass is 16.5. The number of carbonyl (C=O) groups is 1. The zero-order valence-corrected chi connectivity index (χ0v) is 16.2. The molecule has 154 valence electrons. The van der Waals surface area contributed by atoms with Crippen molar-refractivity contribution in [3.05, 3.63) is 48.0 Å². The van der Waals surface area contributed by atoms with Crippen LogP contribution in [-0.4, -0.2) is 54.2 Å². The van der Waals surface area contributed by atoms with Gasteiger partial charge in [0, 0.05) is 48.7 Å². The van der Waals surface area contributed by atoms with Crippen LogP contribution in [0.1, 0.15) is 24.2 Å². The molecule has 0 unspecified atom stereocenters. The van der Waals surface area contributed by atoms with Gasteiger partial charge in [-0.1, -0.05) is 0 Å². The normalized spacial score (nSPS) is 19.9. The number of hydrogen-bond acceptors (Lipinski definition) is 7. The summed E-state index contributed by atoms with van der Waals surface area (Å²) in [6.07, 6.45) is 4.14. The molecule has 1 atom stereocenters. The number of nitrogen functional groups attached to an aromatic ring is 1. The van der Waals surface area contributed by atoms with Gasteiger partial charge in [0.05, 0.1) is 5.69 Å². The monoisotopic (exact) mass is 407 g/mol. The molecule has 0 radical (unpaired) electrons. The van der Waals surface area contributed by atoms with Crippen LogP contribution in [0, 0.1) is 0 Å². The second-order valence-electron chi connectivity index (χ2n) is 7.73. The van der Waals surface area contributed by atoms with E-state index in [9.17, 15) is 9.90 Å². The number of nitrogens with zero attached hydrogens (tertiary/aromatic N) is 6. The van der Waals surface area contributed by atoms with Gasteiger partial charge in [-0.2, -0.15) is 15.3 Å². The fraction of sp³-hybridized carbons (Fsp3) is 0.350. The van der Waals surface area contributed by atoms with Crippen molar-refractivity contribution in [3.8, 4) is 17.0 Å². The molecule has 0 aliphatic carbocycles. The van der Waals surface area contributed by atoms with Crippen molar-refractivity contribution >= 4 is 11.9 Å². The van der Waals surface area contributed by atoms with Gasteiger partial charge in [-0.25, -0.2) is 9.78 Å². The summed E-state index contributed by atoms with van der Waals surface area (Å²) >= 11 is 0. The molecular weight excluding hydrogens is 386 g/mol. The lowest BCUT2D eigenvalue weighted by Crippen LogP contribution is -2.32. The third-order valence-corrected chi connectivity index (χ3v) is 5.93. The third kappa shape index (κ3) is 3.10. The largest absolute Gasteiger partial charge is 0.483 e. The topological polar surface area (TPSA) is 132 Å². The molecule has 2 aliphatic heterocycles. The molecule has 3 aromatic rings. The predicted octanol–water partition coefficient (Wildman–Crippen LogP) is 1.92. The van der Waals surface area contributed by atoms with Crippen LogP contribution in [0.2, 0.25) is 0 Å². The molecule has 10 heteroatoms. The van der Waals surface area contributed by atoms with Crippen LogP contribution in [-0.2, 0) is 18.6 Å². The lowest BCUT2D eigenvalue weighted by molar-refractivity contribution is 0.153. The number of ether oxygens (including phenoxy) is 1. The number of aryl methyl sites for hydroxylation is 1. The SMILES string of the molecule is Nc1ncc(-c2cc3n(n2)CC[C@]32CCN(C(=O)O)C2)cc1OCc1cccnn1. The minimum atomic E-state index is -0.863. The lowest BCUT2D eigenvalue weighted by atomic mass is 9.82. The first kappa shape index (κ1) is 18.3. The molecule has 10 nitrogen and oxygen atoms in total. The summed E-state index contributed by atoms with van der Waals surface area (Å²) < 4.78 is 7.78. The second-order valence-corrected chi connectivity index (χ2v) is 7.73. The zero-order chi connectivity index (χ0) is 20.7. The van der Waals surface area contributed by atoms with Crippen molar-refractivity contribution in [1.29, 1.82) is 0 Å². The Morgan fingerprint density at radius 3 is 2.93 bits per heavy atom. The fourth-order valence-corrected chi connectivity index (χ4v) is 4.32. The van der Waals surface area contributed by atoms with Crippen LogP contribution in [0.3, 0.4) is 0 Å². The van der Waals surface area contributed by atoms with E-state index in [1.807, 2.05) is 22.9 Å². The summed E-state index contributed by atoms with van der Waals surface area (Å²) in [6, 6.07) is 7.47. The fourth-order valence-electron chi connectivity index (χ4n) is 4.32. The predicted molar refractivity (Wildman–Crippen MR) is 107 cm³/mol. The maximum Gasteiger partial charge on any atom is 0.407 e. The Labute approximate surface area is 172 Å². The highest BCUT2D eigenvalue weighted by Crippen LogP contribution is 2.44.